The lowest BCUT2D eigenvalue weighted by atomic mass is 10.00. The van der Waals surface area contributed by atoms with Crippen LogP contribution in [0, 0.1) is 0 Å². The van der Waals surface area contributed by atoms with Crippen LogP contribution in [0.25, 0.3) is 0 Å². The van der Waals surface area contributed by atoms with Crippen molar-refractivity contribution in [2.45, 2.75) is 32.7 Å². The number of morpholine rings is 1. The number of aromatic nitrogens is 2. The zero-order valence-corrected chi connectivity index (χ0v) is 19.1. The first kappa shape index (κ1) is 24.0. The summed E-state index contributed by atoms with van der Waals surface area (Å²) in [6, 6.07) is 5.95. The van der Waals surface area contributed by atoms with E-state index in [2.05, 4.69) is 11.9 Å². The van der Waals surface area contributed by atoms with E-state index in [0.717, 1.165) is 36.2 Å². The predicted octanol–water partition coefficient (Wildman–Crippen LogP) is 1.71. The van der Waals surface area contributed by atoms with E-state index in [1.165, 1.54) is 4.31 Å². The highest BCUT2D eigenvalue weighted by atomic mass is 32.2. The first-order valence-electron chi connectivity index (χ1n) is 10.4. The van der Waals surface area contributed by atoms with Gasteiger partial charge in [0.05, 0.1) is 19.0 Å². The van der Waals surface area contributed by atoms with Crippen molar-refractivity contribution < 1.29 is 32.5 Å². The van der Waals surface area contributed by atoms with Crippen LogP contribution >= 0.6 is 0 Å². The summed E-state index contributed by atoms with van der Waals surface area (Å²) in [6.45, 7) is 5.61. The Labute approximate surface area is 187 Å². The minimum atomic E-state index is -3.29. The molecule has 1 aromatic heterocycles. The largest absolute Gasteiger partial charge is 0.481 e. The van der Waals surface area contributed by atoms with E-state index in [9.17, 15) is 8.42 Å². The average molecular weight is 468 g/mol. The lowest BCUT2D eigenvalue weighted by Gasteiger charge is -2.26. The first-order valence-corrected chi connectivity index (χ1v) is 12.0. The Kier molecular flexibility index (Phi) is 8.10. The van der Waals surface area contributed by atoms with Gasteiger partial charge in [0.15, 0.2) is 11.5 Å². The van der Waals surface area contributed by atoms with Crippen molar-refractivity contribution in [3.05, 3.63) is 42.0 Å². The molecule has 1 unspecified atom stereocenters. The van der Waals surface area contributed by atoms with Crippen molar-refractivity contribution in [1.82, 2.24) is 13.9 Å². The lowest BCUT2D eigenvalue weighted by Crippen LogP contribution is -2.42. The lowest BCUT2D eigenvalue weighted by molar-refractivity contribution is -0.134. The van der Waals surface area contributed by atoms with E-state index in [1.807, 2.05) is 29.0 Å². The molecule has 1 aromatic carbocycles. The second kappa shape index (κ2) is 10.8. The SMILES string of the molecule is CC(=O)O.CC(Cc1ccc2c(c1)OCO2)c1nccn1CCS(=O)(=O)N1CCOCC1. The number of rotatable bonds is 7. The Morgan fingerprint density at radius 1 is 1.22 bits per heavy atom. The number of nitrogens with zero attached hydrogens (tertiary/aromatic N) is 3. The van der Waals surface area contributed by atoms with Gasteiger partial charge in [0.25, 0.3) is 5.97 Å². The quantitative estimate of drug-likeness (QED) is 0.653. The zero-order chi connectivity index (χ0) is 23.1. The molecule has 0 amide bonds. The number of benzene rings is 1. The molecule has 1 atom stereocenters. The van der Waals surface area contributed by atoms with Gasteiger partial charge in [0, 0.05) is 44.9 Å². The highest BCUT2D eigenvalue weighted by Gasteiger charge is 2.25. The molecule has 3 heterocycles. The molecule has 0 spiro atoms. The molecule has 2 aliphatic rings. The van der Waals surface area contributed by atoms with Crippen LogP contribution in [-0.4, -0.2) is 72.2 Å². The van der Waals surface area contributed by atoms with Gasteiger partial charge < -0.3 is 23.9 Å². The third-order valence-corrected chi connectivity index (χ3v) is 6.97. The number of hydrogen-bond acceptors (Lipinski definition) is 7. The van der Waals surface area contributed by atoms with E-state index < -0.39 is 16.0 Å². The van der Waals surface area contributed by atoms with Gasteiger partial charge in [-0.2, -0.15) is 4.31 Å². The Morgan fingerprint density at radius 2 is 1.91 bits per heavy atom. The third kappa shape index (κ3) is 6.44. The van der Waals surface area contributed by atoms with Crippen molar-refractivity contribution in [2.75, 3.05) is 38.8 Å². The van der Waals surface area contributed by atoms with Gasteiger partial charge in [0.2, 0.25) is 16.8 Å². The molecule has 176 valence electrons. The number of carboxylic acid groups (broad SMARTS) is 1. The fourth-order valence-corrected chi connectivity index (χ4v) is 5.01. The monoisotopic (exact) mass is 467 g/mol. The fourth-order valence-electron chi connectivity index (χ4n) is 3.62. The number of carboxylic acids is 1. The van der Waals surface area contributed by atoms with Crippen LogP contribution in [0.5, 0.6) is 11.5 Å². The van der Waals surface area contributed by atoms with Crippen molar-refractivity contribution in [1.29, 1.82) is 0 Å². The first-order chi connectivity index (χ1) is 15.3. The summed E-state index contributed by atoms with van der Waals surface area (Å²) in [5, 5.41) is 7.42. The Balaban J connectivity index is 0.000000668. The Bertz CT molecular complexity index is 1010. The number of aryl methyl sites for hydroxylation is 1. The summed E-state index contributed by atoms with van der Waals surface area (Å²) in [6.07, 6.45) is 4.36. The predicted molar refractivity (Wildman–Crippen MR) is 116 cm³/mol. The van der Waals surface area contributed by atoms with Crippen LogP contribution in [0.2, 0.25) is 0 Å². The number of carbonyl (C=O) groups is 1. The molecule has 10 nitrogen and oxygen atoms in total. The van der Waals surface area contributed by atoms with E-state index in [4.69, 9.17) is 24.1 Å². The average Bonchev–Trinajstić information content (AvgIpc) is 3.41. The van der Waals surface area contributed by atoms with Crippen molar-refractivity contribution in [3.8, 4) is 11.5 Å². The summed E-state index contributed by atoms with van der Waals surface area (Å²) in [7, 11) is -3.29. The Hall–Kier alpha value is -2.63. The molecule has 1 N–H and O–H groups in total. The molecule has 0 bridgehead atoms. The van der Waals surface area contributed by atoms with Gasteiger partial charge in [-0.1, -0.05) is 13.0 Å². The third-order valence-electron chi connectivity index (χ3n) is 5.12. The molecule has 0 saturated carbocycles. The van der Waals surface area contributed by atoms with Gasteiger partial charge in [-0.15, -0.1) is 0 Å². The number of sulfonamides is 1. The summed E-state index contributed by atoms with van der Waals surface area (Å²) in [5.74, 6) is 1.79. The summed E-state index contributed by atoms with van der Waals surface area (Å²) < 4.78 is 44.6. The van der Waals surface area contributed by atoms with Crippen molar-refractivity contribution >= 4 is 16.0 Å². The van der Waals surface area contributed by atoms with Gasteiger partial charge in [-0.25, -0.2) is 13.4 Å². The smallest absolute Gasteiger partial charge is 0.300 e. The Morgan fingerprint density at radius 3 is 2.62 bits per heavy atom. The van der Waals surface area contributed by atoms with Crippen LogP contribution in [0.4, 0.5) is 0 Å². The minimum Gasteiger partial charge on any atom is -0.481 e. The van der Waals surface area contributed by atoms with E-state index in [1.54, 1.807) is 6.20 Å². The number of aliphatic carboxylic acids is 1. The summed E-state index contributed by atoms with van der Waals surface area (Å²) in [4.78, 5) is 13.5. The minimum absolute atomic E-state index is 0.0626. The maximum atomic E-state index is 12.6. The molecule has 2 aliphatic heterocycles. The molecular weight excluding hydrogens is 438 g/mol. The molecule has 1 fully saturated rings. The molecule has 0 radical (unpaired) electrons. The van der Waals surface area contributed by atoms with Crippen molar-refractivity contribution in [2.24, 2.45) is 0 Å². The van der Waals surface area contributed by atoms with Gasteiger partial charge in [0.1, 0.15) is 5.82 Å². The highest BCUT2D eigenvalue weighted by Crippen LogP contribution is 2.33. The number of hydrogen-bond donors (Lipinski definition) is 1. The van der Waals surface area contributed by atoms with Gasteiger partial charge in [-0.05, 0) is 24.1 Å². The van der Waals surface area contributed by atoms with Crippen molar-refractivity contribution in [3.63, 3.8) is 0 Å². The second-order valence-electron chi connectivity index (χ2n) is 7.62. The molecule has 2 aromatic rings. The van der Waals surface area contributed by atoms with Gasteiger partial charge in [-0.3, -0.25) is 4.79 Å². The standard InChI is InChI=1S/C19H25N3O5S.C2H4O2/c1-15(12-16-2-3-17-18(13-16)27-14-26-17)19-20-4-5-21(19)8-11-28(23,24)22-6-9-25-10-7-22;1-2(3)4/h2-5,13,15H,6-12,14H2,1H3;1H3,(H,3,4). The molecule has 32 heavy (non-hydrogen) atoms. The highest BCUT2D eigenvalue weighted by molar-refractivity contribution is 7.89. The zero-order valence-electron chi connectivity index (χ0n) is 18.3. The van der Waals surface area contributed by atoms with Crippen LogP contribution in [0.3, 0.4) is 0 Å². The van der Waals surface area contributed by atoms with E-state index >= 15 is 0 Å². The molecule has 4 rings (SSSR count). The fraction of sp³-hybridized carbons (Fsp3) is 0.524. The van der Waals surface area contributed by atoms with Gasteiger partial charge >= 0.3 is 0 Å². The normalized spacial score (nSPS) is 16.8. The molecule has 11 heteroatoms. The van der Waals surface area contributed by atoms with Crippen LogP contribution in [0.15, 0.2) is 30.6 Å². The number of imidazole rings is 1. The van der Waals surface area contributed by atoms with Crippen LogP contribution in [0.1, 0.15) is 31.2 Å². The van der Waals surface area contributed by atoms with Crippen LogP contribution in [-0.2, 0) is 32.5 Å². The summed E-state index contributed by atoms with van der Waals surface area (Å²) >= 11 is 0. The molecule has 0 aliphatic carbocycles. The van der Waals surface area contributed by atoms with E-state index in [-0.39, 0.29) is 18.5 Å². The van der Waals surface area contributed by atoms with E-state index in [0.29, 0.717) is 32.8 Å². The molecular formula is C21H29N3O7S. The maximum absolute atomic E-state index is 12.6. The molecule has 1 saturated heterocycles. The second-order valence-corrected chi connectivity index (χ2v) is 9.71. The number of ether oxygens (including phenoxy) is 3. The topological polar surface area (TPSA) is 120 Å². The summed E-state index contributed by atoms with van der Waals surface area (Å²) in [5.41, 5.74) is 1.13. The van der Waals surface area contributed by atoms with Crippen LogP contribution < -0.4 is 9.47 Å². The number of fused-ring (bicyclic) bond motifs is 1. The maximum Gasteiger partial charge on any atom is 0.300 e.